The number of ketones is 1. The van der Waals surface area contributed by atoms with Crippen LogP contribution in [0, 0.1) is 0 Å². The van der Waals surface area contributed by atoms with Crippen molar-refractivity contribution in [2.24, 2.45) is 0 Å². The van der Waals surface area contributed by atoms with Crippen molar-refractivity contribution in [1.82, 2.24) is 0 Å². The fourth-order valence-corrected chi connectivity index (χ4v) is 1.87. The van der Waals surface area contributed by atoms with Crippen LogP contribution in [0.25, 0.3) is 0 Å². The van der Waals surface area contributed by atoms with Crippen molar-refractivity contribution in [3.63, 3.8) is 0 Å². The molecule has 1 unspecified atom stereocenters. The monoisotopic (exact) mass is 204 g/mol. The van der Waals surface area contributed by atoms with Crippen molar-refractivity contribution >= 4 is 5.78 Å². The van der Waals surface area contributed by atoms with E-state index in [-0.39, 0.29) is 18.3 Å². The number of hydrogen-bond donors (Lipinski definition) is 0. The van der Waals surface area contributed by atoms with E-state index in [1.807, 2.05) is 12.1 Å². The maximum atomic E-state index is 11.5. The number of ether oxygens (including phenoxy) is 1. The molecule has 1 aliphatic heterocycles. The minimum Gasteiger partial charge on any atom is -0.373 e. The van der Waals surface area contributed by atoms with Gasteiger partial charge >= 0.3 is 0 Å². The predicted molar refractivity (Wildman–Crippen MR) is 59.1 cm³/mol. The quantitative estimate of drug-likeness (QED) is 0.739. The number of rotatable bonds is 2. The van der Waals surface area contributed by atoms with Crippen LogP contribution in [0.4, 0.5) is 0 Å². The maximum absolute atomic E-state index is 11.5. The van der Waals surface area contributed by atoms with Gasteiger partial charge in [-0.3, -0.25) is 4.79 Å². The minimum absolute atomic E-state index is 0.0359. The Morgan fingerprint density at radius 1 is 1.27 bits per heavy atom. The molecule has 1 aromatic rings. The smallest absolute Gasteiger partial charge is 0.168 e. The van der Waals surface area contributed by atoms with E-state index in [2.05, 4.69) is 26.0 Å². The number of benzene rings is 1. The van der Waals surface area contributed by atoms with Gasteiger partial charge < -0.3 is 4.74 Å². The van der Waals surface area contributed by atoms with Crippen LogP contribution in [0.5, 0.6) is 0 Å². The molecule has 0 amide bonds. The largest absolute Gasteiger partial charge is 0.373 e. The van der Waals surface area contributed by atoms with Crippen LogP contribution in [-0.2, 0) is 9.53 Å². The highest BCUT2D eigenvalue weighted by atomic mass is 16.5. The predicted octanol–water partition coefficient (Wildman–Crippen LogP) is 2.49. The van der Waals surface area contributed by atoms with Crippen molar-refractivity contribution in [2.45, 2.75) is 25.7 Å². The molecule has 0 aliphatic carbocycles. The molecule has 0 spiro atoms. The Kier molecular flexibility index (Phi) is 2.87. The van der Waals surface area contributed by atoms with Gasteiger partial charge in [-0.25, -0.2) is 0 Å². The third-order valence-electron chi connectivity index (χ3n) is 2.92. The van der Waals surface area contributed by atoms with Gasteiger partial charge in [0.2, 0.25) is 0 Å². The fraction of sp³-hybridized carbons (Fsp3) is 0.462. The lowest BCUT2D eigenvalue weighted by molar-refractivity contribution is -0.118. The molecule has 0 N–H and O–H groups in total. The standard InChI is InChI=1S/C13H16O2/c1-9(2)10-3-5-11(6-4-10)12-7-15-8-13(12)14/h3-6,9,12H,7-8H2,1-2H3. The van der Waals surface area contributed by atoms with Crippen molar-refractivity contribution < 1.29 is 9.53 Å². The molecule has 1 saturated heterocycles. The highest BCUT2D eigenvalue weighted by Gasteiger charge is 2.26. The lowest BCUT2D eigenvalue weighted by atomic mass is 9.94. The second-order valence-electron chi connectivity index (χ2n) is 4.36. The van der Waals surface area contributed by atoms with Gasteiger partial charge in [-0.15, -0.1) is 0 Å². The van der Waals surface area contributed by atoms with Gasteiger partial charge in [-0.1, -0.05) is 38.1 Å². The summed E-state index contributed by atoms with van der Waals surface area (Å²) in [6.07, 6.45) is 0. The second kappa shape index (κ2) is 4.15. The minimum atomic E-state index is -0.0359. The van der Waals surface area contributed by atoms with E-state index in [4.69, 9.17) is 4.74 Å². The van der Waals surface area contributed by atoms with E-state index in [0.717, 1.165) is 5.56 Å². The second-order valence-corrected chi connectivity index (χ2v) is 4.36. The molecule has 0 radical (unpaired) electrons. The zero-order valence-electron chi connectivity index (χ0n) is 9.19. The van der Waals surface area contributed by atoms with Crippen LogP contribution in [-0.4, -0.2) is 19.0 Å². The van der Waals surface area contributed by atoms with Gasteiger partial charge in [0, 0.05) is 0 Å². The lowest BCUT2D eigenvalue weighted by Gasteiger charge is -2.09. The number of Topliss-reactive ketones (excluding diaryl/α,β-unsaturated/α-hetero) is 1. The molecule has 1 fully saturated rings. The molecule has 2 rings (SSSR count). The Morgan fingerprint density at radius 2 is 1.93 bits per heavy atom. The molecule has 80 valence electrons. The topological polar surface area (TPSA) is 26.3 Å². The first kappa shape index (κ1) is 10.4. The van der Waals surface area contributed by atoms with Crippen LogP contribution in [0.15, 0.2) is 24.3 Å². The van der Waals surface area contributed by atoms with Gasteiger partial charge in [0.15, 0.2) is 5.78 Å². The summed E-state index contributed by atoms with van der Waals surface area (Å²) in [5, 5.41) is 0. The molecule has 1 aliphatic rings. The van der Waals surface area contributed by atoms with Crippen LogP contribution >= 0.6 is 0 Å². The molecule has 1 aromatic carbocycles. The van der Waals surface area contributed by atoms with Crippen LogP contribution < -0.4 is 0 Å². The Morgan fingerprint density at radius 3 is 2.40 bits per heavy atom. The zero-order chi connectivity index (χ0) is 10.8. The van der Waals surface area contributed by atoms with E-state index in [1.54, 1.807) is 0 Å². The average Bonchev–Trinajstić information content (AvgIpc) is 2.65. The molecule has 1 heterocycles. The van der Waals surface area contributed by atoms with E-state index >= 15 is 0 Å². The van der Waals surface area contributed by atoms with Gasteiger partial charge in [0.25, 0.3) is 0 Å². The van der Waals surface area contributed by atoms with Gasteiger partial charge in [0.05, 0.1) is 12.5 Å². The first-order valence-electron chi connectivity index (χ1n) is 5.39. The van der Waals surface area contributed by atoms with Crippen LogP contribution in [0.1, 0.15) is 36.8 Å². The molecule has 1 atom stereocenters. The molecular formula is C13H16O2. The average molecular weight is 204 g/mol. The third kappa shape index (κ3) is 2.10. The number of carbonyl (C=O) groups is 1. The van der Waals surface area contributed by atoms with E-state index in [1.165, 1.54) is 5.56 Å². The summed E-state index contributed by atoms with van der Waals surface area (Å²) in [6, 6.07) is 8.30. The third-order valence-corrected chi connectivity index (χ3v) is 2.92. The first-order chi connectivity index (χ1) is 7.18. The van der Waals surface area contributed by atoms with Gasteiger partial charge in [-0.05, 0) is 17.0 Å². The van der Waals surface area contributed by atoms with Crippen molar-refractivity contribution in [3.05, 3.63) is 35.4 Å². The van der Waals surface area contributed by atoms with Gasteiger partial charge in [-0.2, -0.15) is 0 Å². The molecule has 2 nitrogen and oxygen atoms in total. The summed E-state index contributed by atoms with van der Waals surface area (Å²) in [5.74, 6) is 0.702. The normalized spacial score (nSPS) is 21.3. The molecular weight excluding hydrogens is 188 g/mol. The molecule has 0 aromatic heterocycles. The summed E-state index contributed by atoms with van der Waals surface area (Å²) in [6.45, 7) is 5.15. The van der Waals surface area contributed by atoms with Crippen molar-refractivity contribution in [2.75, 3.05) is 13.2 Å². The summed E-state index contributed by atoms with van der Waals surface area (Å²) in [4.78, 5) is 11.5. The molecule has 0 saturated carbocycles. The van der Waals surface area contributed by atoms with E-state index in [9.17, 15) is 4.79 Å². The highest BCUT2D eigenvalue weighted by Crippen LogP contribution is 2.24. The Balaban J connectivity index is 2.19. The molecule has 2 heteroatoms. The van der Waals surface area contributed by atoms with Gasteiger partial charge in [0.1, 0.15) is 6.61 Å². The Hall–Kier alpha value is -1.15. The lowest BCUT2D eigenvalue weighted by Crippen LogP contribution is -2.08. The van der Waals surface area contributed by atoms with Crippen LogP contribution in [0.2, 0.25) is 0 Å². The number of hydrogen-bond acceptors (Lipinski definition) is 2. The summed E-state index contributed by atoms with van der Waals surface area (Å²) >= 11 is 0. The first-order valence-corrected chi connectivity index (χ1v) is 5.39. The summed E-state index contributed by atoms with van der Waals surface area (Å²) in [5.41, 5.74) is 2.40. The van der Waals surface area contributed by atoms with Crippen LogP contribution in [0.3, 0.4) is 0 Å². The van der Waals surface area contributed by atoms with Crippen molar-refractivity contribution in [1.29, 1.82) is 0 Å². The zero-order valence-corrected chi connectivity index (χ0v) is 9.19. The fourth-order valence-electron chi connectivity index (χ4n) is 1.87. The SMILES string of the molecule is CC(C)c1ccc(C2COCC2=O)cc1. The Bertz CT molecular complexity index is 351. The summed E-state index contributed by atoms with van der Waals surface area (Å²) < 4.78 is 5.15. The highest BCUT2D eigenvalue weighted by molar-refractivity contribution is 5.88. The molecule has 0 bridgehead atoms. The maximum Gasteiger partial charge on any atom is 0.168 e. The van der Waals surface area contributed by atoms with E-state index in [0.29, 0.717) is 12.5 Å². The Labute approximate surface area is 90.3 Å². The summed E-state index contributed by atoms with van der Waals surface area (Å²) in [7, 11) is 0. The van der Waals surface area contributed by atoms with E-state index < -0.39 is 0 Å². The number of carbonyl (C=O) groups excluding carboxylic acids is 1. The van der Waals surface area contributed by atoms with Crippen molar-refractivity contribution in [3.8, 4) is 0 Å². The molecule has 15 heavy (non-hydrogen) atoms.